The third kappa shape index (κ3) is 4.05. The molecule has 1 aliphatic rings. The molecule has 1 saturated heterocycles. The number of hydrogen-bond donors (Lipinski definition) is 1. The minimum atomic E-state index is 0.294. The van der Waals surface area contributed by atoms with Crippen LogP contribution in [0.5, 0.6) is 0 Å². The second kappa shape index (κ2) is 6.53. The van der Waals surface area contributed by atoms with E-state index in [0.29, 0.717) is 11.5 Å². The molecule has 1 aromatic rings. The van der Waals surface area contributed by atoms with Gasteiger partial charge in [-0.2, -0.15) is 0 Å². The van der Waals surface area contributed by atoms with Crippen molar-refractivity contribution < 1.29 is 0 Å². The summed E-state index contributed by atoms with van der Waals surface area (Å²) in [7, 11) is 0. The third-order valence-electron chi connectivity index (χ3n) is 4.40. The molecule has 19 heavy (non-hydrogen) atoms. The van der Waals surface area contributed by atoms with E-state index >= 15 is 0 Å². The lowest BCUT2D eigenvalue weighted by molar-refractivity contribution is 0.230. The first-order chi connectivity index (χ1) is 9.12. The summed E-state index contributed by atoms with van der Waals surface area (Å²) >= 11 is 0. The van der Waals surface area contributed by atoms with Gasteiger partial charge in [0, 0.05) is 6.04 Å². The van der Waals surface area contributed by atoms with Crippen molar-refractivity contribution >= 4 is 0 Å². The Morgan fingerprint density at radius 1 is 1.26 bits per heavy atom. The number of benzene rings is 1. The molecule has 2 N–H and O–H groups in total. The average molecular weight is 260 g/mol. The monoisotopic (exact) mass is 260 g/mol. The fourth-order valence-electron chi connectivity index (χ4n) is 3.01. The molecule has 106 valence electrons. The predicted octanol–water partition coefficient (Wildman–Crippen LogP) is 3.59. The van der Waals surface area contributed by atoms with Crippen molar-refractivity contribution in [2.24, 2.45) is 11.1 Å². The minimum absolute atomic E-state index is 0.294. The fourth-order valence-corrected chi connectivity index (χ4v) is 3.01. The van der Waals surface area contributed by atoms with E-state index in [1.54, 1.807) is 0 Å². The van der Waals surface area contributed by atoms with Crippen LogP contribution in [0.3, 0.4) is 0 Å². The summed E-state index contributed by atoms with van der Waals surface area (Å²) in [5.74, 6) is 0. The first-order valence-electron chi connectivity index (χ1n) is 7.61. The van der Waals surface area contributed by atoms with Crippen LogP contribution in [0.2, 0.25) is 0 Å². The molecular formula is C17H28N2. The van der Waals surface area contributed by atoms with E-state index in [0.717, 1.165) is 6.54 Å². The predicted molar refractivity (Wildman–Crippen MR) is 82.1 cm³/mol. The van der Waals surface area contributed by atoms with Gasteiger partial charge in [-0.05, 0) is 56.3 Å². The van der Waals surface area contributed by atoms with E-state index in [2.05, 4.69) is 49.1 Å². The summed E-state index contributed by atoms with van der Waals surface area (Å²) in [6, 6.07) is 11.6. The maximum atomic E-state index is 5.81. The maximum Gasteiger partial charge on any atom is 0.0348 e. The minimum Gasteiger partial charge on any atom is -0.330 e. The van der Waals surface area contributed by atoms with Gasteiger partial charge in [0.1, 0.15) is 0 Å². The number of nitrogens with two attached hydrogens (primary N) is 1. The molecule has 0 saturated carbocycles. The Hall–Kier alpha value is -0.860. The Labute approximate surface area is 118 Å². The van der Waals surface area contributed by atoms with Crippen molar-refractivity contribution in [3.05, 3.63) is 35.9 Å². The SMILES string of the molecule is CC(C)(CN)CCCN1CCCC1c1ccccc1. The molecule has 0 aliphatic carbocycles. The largest absolute Gasteiger partial charge is 0.330 e. The van der Waals surface area contributed by atoms with E-state index in [-0.39, 0.29) is 0 Å². The van der Waals surface area contributed by atoms with Crippen LogP contribution in [0.15, 0.2) is 30.3 Å². The first-order valence-corrected chi connectivity index (χ1v) is 7.61. The van der Waals surface area contributed by atoms with Gasteiger partial charge in [-0.3, -0.25) is 4.90 Å². The molecule has 0 bridgehead atoms. The fraction of sp³-hybridized carbons (Fsp3) is 0.647. The van der Waals surface area contributed by atoms with Crippen molar-refractivity contribution in [2.45, 2.75) is 45.6 Å². The molecule has 1 fully saturated rings. The highest BCUT2D eigenvalue weighted by molar-refractivity contribution is 5.19. The van der Waals surface area contributed by atoms with Crippen LogP contribution in [0.25, 0.3) is 0 Å². The molecule has 1 aliphatic heterocycles. The summed E-state index contributed by atoms with van der Waals surface area (Å²) in [4.78, 5) is 2.65. The molecular weight excluding hydrogens is 232 g/mol. The lowest BCUT2D eigenvalue weighted by Crippen LogP contribution is -2.28. The highest BCUT2D eigenvalue weighted by Gasteiger charge is 2.25. The topological polar surface area (TPSA) is 29.3 Å². The molecule has 2 heteroatoms. The summed E-state index contributed by atoms with van der Waals surface area (Å²) in [6.45, 7) is 7.79. The van der Waals surface area contributed by atoms with Crippen LogP contribution >= 0.6 is 0 Å². The molecule has 1 aromatic carbocycles. The van der Waals surface area contributed by atoms with Crippen LogP contribution in [0, 0.1) is 5.41 Å². The summed E-state index contributed by atoms with van der Waals surface area (Å²) in [5.41, 5.74) is 7.58. The molecule has 1 heterocycles. The Morgan fingerprint density at radius 3 is 2.68 bits per heavy atom. The van der Waals surface area contributed by atoms with Crippen molar-refractivity contribution in [1.29, 1.82) is 0 Å². The van der Waals surface area contributed by atoms with Gasteiger partial charge in [0.2, 0.25) is 0 Å². The van der Waals surface area contributed by atoms with Crippen molar-refractivity contribution in [1.82, 2.24) is 4.90 Å². The zero-order valence-corrected chi connectivity index (χ0v) is 12.4. The van der Waals surface area contributed by atoms with Crippen molar-refractivity contribution in [3.8, 4) is 0 Å². The van der Waals surface area contributed by atoms with E-state index in [9.17, 15) is 0 Å². The highest BCUT2D eigenvalue weighted by atomic mass is 15.2. The second-order valence-electron chi connectivity index (χ2n) is 6.58. The summed E-state index contributed by atoms with van der Waals surface area (Å²) in [5, 5.41) is 0. The highest BCUT2D eigenvalue weighted by Crippen LogP contribution is 2.32. The first kappa shape index (κ1) is 14.5. The van der Waals surface area contributed by atoms with Crippen LogP contribution in [-0.2, 0) is 0 Å². The second-order valence-corrected chi connectivity index (χ2v) is 6.58. The Kier molecular flexibility index (Phi) is 5.00. The number of nitrogens with zero attached hydrogens (tertiary/aromatic N) is 1. The molecule has 0 spiro atoms. The Bertz CT molecular complexity index is 372. The zero-order valence-electron chi connectivity index (χ0n) is 12.4. The average Bonchev–Trinajstić information content (AvgIpc) is 2.88. The van der Waals surface area contributed by atoms with E-state index < -0.39 is 0 Å². The van der Waals surface area contributed by atoms with Gasteiger partial charge in [-0.25, -0.2) is 0 Å². The van der Waals surface area contributed by atoms with Gasteiger partial charge in [0.25, 0.3) is 0 Å². The van der Waals surface area contributed by atoms with Crippen LogP contribution in [0.4, 0.5) is 0 Å². The van der Waals surface area contributed by atoms with Crippen molar-refractivity contribution in [2.75, 3.05) is 19.6 Å². The molecule has 1 atom stereocenters. The quantitative estimate of drug-likeness (QED) is 0.847. The Balaban J connectivity index is 1.86. The normalized spacial score (nSPS) is 20.9. The van der Waals surface area contributed by atoms with Crippen LogP contribution < -0.4 is 5.73 Å². The third-order valence-corrected chi connectivity index (χ3v) is 4.40. The Morgan fingerprint density at radius 2 is 2.00 bits per heavy atom. The van der Waals surface area contributed by atoms with Gasteiger partial charge in [-0.1, -0.05) is 44.2 Å². The number of rotatable bonds is 6. The van der Waals surface area contributed by atoms with Gasteiger partial charge in [0.05, 0.1) is 0 Å². The summed E-state index contributed by atoms with van der Waals surface area (Å²) < 4.78 is 0. The van der Waals surface area contributed by atoms with Crippen LogP contribution in [0.1, 0.15) is 51.1 Å². The van der Waals surface area contributed by atoms with Gasteiger partial charge < -0.3 is 5.73 Å². The molecule has 1 unspecified atom stereocenters. The van der Waals surface area contributed by atoms with Gasteiger partial charge in [0.15, 0.2) is 0 Å². The van der Waals surface area contributed by atoms with E-state index in [4.69, 9.17) is 5.73 Å². The van der Waals surface area contributed by atoms with E-state index in [1.165, 1.54) is 44.3 Å². The standard InChI is InChI=1S/C17H28N2/c1-17(2,14-18)11-7-13-19-12-6-10-16(19)15-8-4-3-5-9-15/h3-5,8-9,16H,6-7,10-14,18H2,1-2H3. The molecule has 0 amide bonds. The number of hydrogen-bond acceptors (Lipinski definition) is 2. The molecule has 0 radical (unpaired) electrons. The zero-order chi connectivity index (χ0) is 13.7. The molecule has 2 rings (SSSR count). The van der Waals surface area contributed by atoms with Gasteiger partial charge in [-0.15, -0.1) is 0 Å². The van der Waals surface area contributed by atoms with E-state index in [1.807, 2.05) is 0 Å². The lowest BCUT2D eigenvalue weighted by Gasteiger charge is -2.27. The summed E-state index contributed by atoms with van der Waals surface area (Å²) in [6.07, 6.45) is 5.12. The smallest absolute Gasteiger partial charge is 0.0348 e. The molecule has 2 nitrogen and oxygen atoms in total. The molecule has 0 aromatic heterocycles. The lowest BCUT2D eigenvalue weighted by atomic mass is 9.88. The number of likely N-dealkylation sites (tertiary alicyclic amines) is 1. The maximum absolute atomic E-state index is 5.81. The van der Waals surface area contributed by atoms with Crippen molar-refractivity contribution in [3.63, 3.8) is 0 Å². The van der Waals surface area contributed by atoms with Gasteiger partial charge >= 0.3 is 0 Å². The van der Waals surface area contributed by atoms with Crippen LogP contribution in [-0.4, -0.2) is 24.5 Å².